The molecule has 1 rings (SSSR count). The normalized spacial score (nSPS) is 12.3. The summed E-state index contributed by atoms with van der Waals surface area (Å²) in [5.74, 6) is -1.20. The number of carboxylic acids is 1. The van der Waals surface area contributed by atoms with Crippen molar-refractivity contribution in [1.29, 1.82) is 0 Å². The van der Waals surface area contributed by atoms with Gasteiger partial charge in [0, 0.05) is 18.7 Å². The van der Waals surface area contributed by atoms with E-state index in [-0.39, 0.29) is 11.9 Å². The molecule has 5 heteroatoms. The lowest BCUT2D eigenvalue weighted by Crippen LogP contribution is -2.37. The number of aryl methyl sites for hydroxylation is 1. The summed E-state index contributed by atoms with van der Waals surface area (Å²) in [5.41, 5.74) is 2.05. The van der Waals surface area contributed by atoms with Crippen molar-refractivity contribution in [3.63, 3.8) is 0 Å². The Labute approximate surface area is 124 Å². The van der Waals surface area contributed by atoms with Crippen LogP contribution in [0.3, 0.4) is 0 Å². The number of aliphatic carboxylic acids is 1. The Morgan fingerprint density at radius 1 is 1.43 bits per heavy atom. The molecule has 5 nitrogen and oxygen atoms in total. The van der Waals surface area contributed by atoms with Crippen molar-refractivity contribution >= 4 is 18.0 Å². The van der Waals surface area contributed by atoms with Crippen LogP contribution in [0.2, 0.25) is 0 Å². The van der Waals surface area contributed by atoms with E-state index in [0.29, 0.717) is 17.7 Å². The Balaban J connectivity index is 2.92. The molecule has 21 heavy (non-hydrogen) atoms. The SMILES string of the molecule is CCC(COC)NC(=O)c1cc(C=CC(=O)O)ccc1C. The third kappa shape index (κ3) is 5.39. The molecular formula is C16H21NO4. The van der Waals surface area contributed by atoms with Gasteiger partial charge in [0.15, 0.2) is 0 Å². The van der Waals surface area contributed by atoms with Crippen LogP contribution in [0.25, 0.3) is 6.08 Å². The first kappa shape index (κ1) is 16.9. The summed E-state index contributed by atoms with van der Waals surface area (Å²) in [6, 6.07) is 5.22. The summed E-state index contributed by atoms with van der Waals surface area (Å²) in [7, 11) is 1.59. The lowest BCUT2D eigenvalue weighted by molar-refractivity contribution is -0.131. The molecule has 0 aliphatic carbocycles. The van der Waals surface area contributed by atoms with Gasteiger partial charge in [-0.2, -0.15) is 0 Å². The fourth-order valence-corrected chi connectivity index (χ4v) is 1.88. The van der Waals surface area contributed by atoms with Crippen molar-refractivity contribution < 1.29 is 19.4 Å². The van der Waals surface area contributed by atoms with Crippen LogP contribution in [0.1, 0.15) is 34.8 Å². The molecule has 1 unspecified atom stereocenters. The fourth-order valence-electron chi connectivity index (χ4n) is 1.88. The smallest absolute Gasteiger partial charge is 0.328 e. The van der Waals surface area contributed by atoms with Crippen molar-refractivity contribution in [2.45, 2.75) is 26.3 Å². The highest BCUT2D eigenvalue weighted by molar-refractivity contribution is 5.96. The van der Waals surface area contributed by atoms with E-state index < -0.39 is 5.97 Å². The van der Waals surface area contributed by atoms with Crippen molar-refractivity contribution in [2.75, 3.05) is 13.7 Å². The zero-order valence-corrected chi connectivity index (χ0v) is 12.6. The third-order valence-electron chi connectivity index (χ3n) is 3.12. The van der Waals surface area contributed by atoms with E-state index >= 15 is 0 Å². The fraction of sp³-hybridized carbons (Fsp3) is 0.375. The first-order valence-electron chi connectivity index (χ1n) is 6.79. The Morgan fingerprint density at radius 3 is 2.71 bits per heavy atom. The van der Waals surface area contributed by atoms with Crippen LogP contribution in [0, 0.1) is 6.92 Å². The maximum atomic E-state index is 12.3. The van der Waals surface area contributed by atoms with Gasteiger partial charge in [-0.25, -0.2) is 4.79 Å². The highest BCUT2D eigenvalue weighted by Crippen LogP contribution is 2.13. The van der Waals surface area contributed by atoms with E-state index in [4.69, 9.17) is 9.84 Å². The second-order valence-corrected chi connectivity index (χ2v) is 4.78. The highest BCUT2D eigenvalue weighted by Gasteiger charge is 2.14. The number of hydrogen-bond acceptors (Lipinski definition) is 3. The molecule has 0 aliphatic heterocycles. The van der Waals surface area contributed by atoms with E-state index in [2.05, 4.69) is 5.32 Å². The molecule has 0 spiro atoms. The van der Waals surface area contributed by atoms with Crippen LogP contribution >= 0.6 is 0 Å². The molecule has 0 aromatic heterocycles. The molecule has 0 bridgehead atoms. The zero-order valence-electron chi connectivity index (χ0n) is 12.6. The minimum Gasteiger partial charge on any atom is -0.478 e. The molecule has 0 saturated heterocycles. The van der Waals surface area contributed by atoms with Crippen LogP contribution in [-0.2, 0) is 9.53 Å². The predicted molar refractivity (Wildman–Crippen MR) is 81.3 cm³/mol. The maximum absolute atomic E-state index is 12.3. The van der Waals surface area contributed by atoms with Gasteiger partial charge in [0.1, 0.15) is 0 Å². The van der Waals surface area contributed by atoms with Crippen molar-refractivity contribution in [2.24, 2.45) is 0 Å². The van der Waals surface area contributed by atoms with Crippen molar-refractivity contribution in [3.05, 3.63) is 41.0 Å². The van der Waals surface area contributed by atoms with Gasteiger partial charge in [0.25, 0.3) is 5.91 Å². The van der Waals surface area contributed by atoms with Gasteiger partial charge in [-0.05, 0) is 36.6 Å². The van der Waals surface area contributed by atoms with Gasteiger partial charge in [-0.3, -0.25) is 4.79 Å². The maximum Gasteiger partial charge on any atom is 0.328 e. The van der Waals surface area contributed by atoms with Gasteiger partial charge < -0.3 is 15.2 Å². The van der Waals surface area contributed by atoms with Gasteiger partial charge in [-0.1, -0.05) is 19.1 Å². The molecule has 0 radical (unpaired) electrons. The number of rotatable bonds is 7. The number of benzene rings is 1. The van der Waals surface area contributed by atoms with Gasteiger partial charge in [-0.15, -0.1) is 0 Å². The van der Waals surface area contributed by atoms with E-state index in [1.165, 1.54) is 6.08 Å². The number of amides is 1. The molecule has 1 atom stereocenters. The topological polar surface area (TPSA) is 75.6 Å². The molecule has 1 aromatic rings. The molecule has 2 N–H and O–H groups in total. The molecule has 0 fully saturated rings. The van der Waals surface area contributed by atoms with E-state index in [9.17, 15) is 9.59 Å². The summed E-state index contributed by atoms with van der Waals surface area (Å²) in [6.45, 7) is 4.28. The zero-order chi connectivity index (χ0) is 15.8. The van der Waals surface area contributed by atoms with Crippen LogP contribution < -0.4 is 5.32 Å². The lowest BCUT2D eigenvalue weighted by atomic mass is 10.0. The van der Waals surface area contributed by atoms with Crippen molar-refractivity contribution in [3.8, 4) is 0 Å². The molecule has 1 aromatic carbocycles. The van der Waals surface area contributed by atoms with E-state index in [0.717, 1.165) is 18.1 Å². The van der Waals surface area contributed by atoms with E-state index in [1.807, 2.05) is 13.8 Å². The van der Waals surface area contributed by atoms with Crippen LogP contribution in [0.15, 0.2) is 24.3 Å². The van der Waals surface area contributed by atoms with Gasteiger partial charge in [0.05, 0.1) is 12.6 Å². The molecule has 1 amide bonds. The number of carbonyl (C=O) groups excluding carboxylic acids is 1. The van der Waals surface area contributed by atoms with Crippen LogP contribution in [0.4, 0.5) is 0 Å². The number of ether oxygens (including phenoxy) is 1. The van der Waals surface area contributed by atoms with E-state index in [1.54, 1.807) is 25.3 Å². The minimum absolute atomic E-state index is 0.0416. The largest absolute Gasteiger partial charge is 0.478 e. The minimum atomic E-state index is -1.02. The Kier molecular flexibility index (Phi) is 6.62. The number of methoxy groups -OCH3 is 1. The first-order valence-corrected chi connectivity index (χ1v) is 6.79. The second kappa shape index (κ2) is 8.21. The Bertz CT molecular complexity index is 537. The quantitative estimate of drug-likeness (QED) is 0.755. The average molecular weight is 291 g/mol. The number of nitrogens with one attached hydrogen (secondary N) is 1. The molecule has 0 heterocycles. The molecular weight excluding hydrogens is 270 g/mol. The molecule has 0 aliphatic rings. The third-order valence-corrected chi connectivity index (χ3v) is 3.12. The number of hydrogen-bond donors (Lipinski definition) is 2. The average Bonchev–Trinajstić information content (AvgIpc) is 2.45. The summed E-state index contributed by atoms with van der Waals surface area (Å²) in [5, 5.41) is 11.6. The highest BCUT2D eigenvalue weighted by atomic mass is 16.5. The lowest BCUT2D eigenvalue weighted by Gasteiger charge is -2.17. The van der Waals surface area contributed by atoms with Crippen LogP contribution in [-0.4, -0.2) is 36.7 Å². The summed E-state index contributed by atoms with van der Waals surface area (Å²) < 4.78 is 5.06. The van der Waals surface area contributed by atoms with Gasteiger partial charge >= 0.3 is 5.97 Å². The van der Waals surface area contributed by atoms with Crippen molar-refractivity contribution in [1.82, 2.24) is 5.32 Å². The molecule has 114 valence electrons. The first-order chi connectivity index (χ1) is 9.97. The Hall–Kier alpha value is -2.14. The second-order valence-electron chi connectivity index (χ2n) is 4.78. The summed E-state index contributed by atoms with van der Waals surface area (Å²) >= 11 is 0. The predicted octanol–water partition coefficient (Wildman–Crippen LogP) is 2.25. The standard InChI is InChI=1S/C16H21NO4/c1-4-13(10-21-3)17-16(20)14-9-12(6-5-11(14)2)7-8-15(18)19/h5-9,13H,4,10H2,1-3H3,(H,17,20)(H,18,19). The summed E-state index contributed by atoms with van der Waals surface area (Å²) in [6.07, 6.45) is 3.29. The van der Waals surface area contributed by atoms with Crippen LogP contribution in [0.5, 0.6) is 0 Å². The van der Waals surface area contributed by atoms with Gasteiger partial charge in [0.2, 0.25) is 0 Å². The summed E-state index contributed by atoms with van der Waals surface area (Å²) in [4.78, 5) is 22.8. The monoisotopic (exact) mass is 291 g/mol. The Morgan fingerprint density at radius 2 is 2.14 bits per heavy atom. The number of carbonyl (C=O) groups is 2. The molecule has 0 saturated carbocycles. The number of carboxylic acid groups (broad SMARTS) is 1.